The molecule has 0 fully saturated rings. The molecule has 5 nitrogen and oxygen atoms in total. The predicted molar refractivity (Wildman–Crippen MR) is 70.0 cm³/mol. The Labute approximate surface area is 107 Å². The molecule has 0 spiro atoms. The minimum Gasteiger partial charge on any atom is -0.478 e. The third-order valence-corrected chi connectivity index (χ3v) is 2.08. The van der Waals surface area contributed by atoms with Gasteiger partial charge < -0.3 is 5.11 Å². The number of aliphatic carboxylic acids is 1. The largest absolute Gasteiger partial charge is 0.478 e. The zero-order valence-corrected chi connectivity index (χ0v) is 10.8. The molecule has 2 N–H and O–H groups in total. The first-order valence-electron chi connectivity index (χ1n) is 4.74. The molecule has 0 amide bonds. The third-order valence-electron chi connectivity index (χ3n) is 1.22. The lowest BCUT2D eigenvalue weighted by Crippen LogP contribution is -1.96. The van der Waals surface area contributed by atoms with Gasteiger partial charge in [-0.3, -0.25) is 4.55 Å². The molecule has 6 heteroatoms. The van der Waals surface area contributed by atoms with Gasteiger partial charge in [0.05, 0.1) is 4.90 Å². The quantitative estimate of drug-likeness (QED) is 0.490. The number of carboxylic acid groups (broad SMARTS) is 1. The number of hydrogen-bond acceptors (Lipinski definition) is 3. The Morgan fingerprint density at radius 2 is 1.56 bits per heavy atom. The molecule has 0 unspecified atom stereocenters. The van der Waals surface area contributed by atoms with Gasteiger partial charge in [-0.05, 0) is 19.1 Å². The van der Waals surface area contributed by atoms with Crippen LogP contribution < -0.4 is 0 Å². The Bertz CT molecular complexity index is 463. The van der Waals surface area contributed by atoms with E-state index in [1.54, 1.807) is 24.3 Å². The summed E-state index contributed by atoms with van der Waals surface area (Å²) in [6, 6.07) is 7.42. The molecule has 1 rings (SSSR count). The highest BCUT2D eigenvalue weighted by atomic mass is 32.2. The standard InChI is InChI=1S/C6H6O3S.C3H4O2.C3H6/c7-10(8,9)6-4-2-1-3-5-6;1-2-3(4)5;1-3-2/h1-5H,(H,7,8,9);2H,1H2,(H,4,5);3H,1H2,2H3. The van der Waals surface area contributed by atoms with E-state index in [0.29, 0.717) is 0 Å². The van der Waals surface area contributed by atoms with Crippen LogP contribution >= 0.6 is 0 Å². The molecule has 0 bridgehead atoms. The molecular weight excluding hydrogens is 256 g/mol. The fourth-order valence-corrected chi connectivity index (χ4v) is 1.09. The number of allylic oxidation sites excluding steroid dienone is 1. The fourth-order valence-electron chi connectivity index (χ4n) is 0.592. The highest BCUT2D eigenvalue weighted by molar-refractivity contribution is 7.85. The van der Waals surface area contributed by atoms with Crippen LogP contribution in [0, 0.1) is 0 Å². The Hall–Kier alpha value is -1.92. The lowest BCUT2D eigenvalue weighted by molar-refractivity contribution is -0.131. The van der Waals surface area contributed by atoms with Crippen LogP contribution in [0.15, 0.2) is 60.5 Å². The van der Waals surface area contributed by atoms with Gasteiger partial charge in [0.1, 0.15) is 0 Å². The van der Waals surface area contributed by atoms with Crippen molar-refractivity contribution in [1.82, 2.24) is 0 Å². The number of carboxylic acids is 1. The van der Waals surface area contributed by atoms with Crippen molar-refractivity contribution in [2.75, 3.05) is 0 Å². The lowest BCUT2D eigenvalue weighted by atomic mass is 10.4. The van der Waals surface area contributed by atoms with Crippen LogP contribution in [0.25, 0.3) is 0 Å². The molecule has 0 saturated carbocycles. The summed E-state index contributed by atoms with van der Waals surface area (Å²) in [6.45, 7) is 8.21. The molecule has 0 aliphatic heterocycles. The molecule has 1 aromatic carbocycles. The van der Waals surface area contributed by atoms with E-state index in [4.69, 9.17) is 9.66 Å². The minimum absolute atomic E-state index is 0.0741. The number of hydrogen-bond donors (Lipinski definition) is 2. The van der Waals surface area contributed by atoms with Crippen LogP contribution in [0.5, 0.6) is 0 Å². The summed E-state index contributed by atoms with van der Waals surface area (Å²) < 4.78 is 29.2. The highest BCUT2D eigenvalue weighted by Gasteiger charge is 2.05. The summed E-state index contributed by atoms with van der Waals surface area (Å²) in [4.78, 5) is 9.18. The molecule has 0 radical (unpaired) electrons. The molecule has 100 valence electrons. The molecular formula is C12H16O5S. The van der Waals surface area contributed by atoms with E-state index in [2.05, 4.69) is 13.2 Å². The Morgan fingerprint density at radius 1 is 1.22 bits per heavy atom. The summed E-state index contributed by atoms with van der Waals surface area (Å²) in [5.74, 6) is -0.981. The number of benzene rings is 1. The lowest BCUT2D eigenvalue weighted by Gasteiger charge is -1.92. The second kappa shape index (κ2) is 10.2. The van der Waals surface area contributed by atoms with Crippen molar-refractivity contribution in [3.63, 3.8) is 0 Å². The molecule has 0 aliphatic rings. The molecule has 0 atom stereocenters. The molecule has 0 saturated heterocycles. The van der Waals surface area contributed by atoms with Crippen molar-refractivity contribution in [3.05, 3.63) is 55.6 Å². The van der Waals surface area contributed by atoms with Crippen LogP contribution in [0.4, 0.5) is 0 Å². The summed E-state index contributed by atoms with van der Waals surface area (Å²) in [5.41, 5.74) is 0. The van der Waals surface area contributed by atoms with Crippen molar-refractivity contribution in [2.45, 2.75) is 11.8 Å². The van der Waals surface area contributed by atoms with E-state index in [1.807, 2.05) is 6.92 Å². The minimum atomic E-state index is -4.00. The van der Waals surface area contributed by atoms with Crippen LogP contribution in [0.2, 0.25) is 0 Å². The van der Waals surface area contributed by atoms with Crippen LogP contribution in [0.1, 0.15) is 6.92 Å². The van der Waals surface area contributed by atoms with Crippen LogP contribution in [0.3, 0.4) is 0 Å². The molecule has 0 aromatic heterocycles. The first-order valence-corrected chi connectivity index (χ1v) is 6.18. The maximum atomic E-state index is 10.4. The average molecular weight is 272 g/mol. The Kier molecular flexibility index (Phi) is 10.5. The van der Waals surface area contributed by atoms with Gasteiger partial charge in [0.15, 0.2) is 0 Å². The van der Waals surface area contributed by atoms with Gasteiger partial charge in [0.25, 0.3) is 10.1 Å². The summed E-state index contributed by atoms with van der Waals surface area (Å²) in [6.07, 6.45) is 2.58. The van der Waals surface area contributed by atoms with E-state index >= 15 is 0 Å². The topological polar surface area (TPSA) is 91.7 Å². The van der Waals surface area contributed by atoms with Gasteiger partial charge in [-0.15, -0.1) is 6.58 Å². The van der Waals surface area contributed by atoms with E-state index in [0.717, 1.165) is 6.08 Å². The third kappa shape index (κ3) is 12.2. The average Bonchev–Trinajstić information content (AvgIpc) is 2.31. The molecule has 18 heavy (non-hydrogen) atoms. The highest BCUT2D eigenvalue weighted by Crippen LogP contribution is 2.05. The fraction of sp³-hybridized carbons (Fsp3) is 0.0833. The normalized spacial score (nSPS) is 8.78. The van der Waals surface area contributed by atoms with Crippen molar-refractivity contribution >= 4 is 16.1 Å². The van der Waals surface area contributed by atoms with Crippen molar-refractivity contribution in [3.8, 4) is 0 Å². The second-order valence-corrected chi connectivity index (χ2v) is 4.16. The van der Waals surface area contributed by atoms with Crippen molar-refractivity contribution < 1.29 is 22.9 Å². The maximum Gasteiger partial charge on any atom is 0.327 e. The molecule has 1 aromatic rings. The van der Waals surface area contributed by atoms with Gasteiger partial charge in [0.2, 0.25) is 0 Å². The van der Waals surface area contributed by atoms with E-state index in [-0.39, 0.29) is 4.90 Å². The van der Waals surface area contributed by atoms with Crippen LogP contribution in [-0.2, 0) is 14.9 Å². The number of carbonyl (C=O) groups is 1. The Balaban J connectivity index is 0. The summed E-state index contributed by atoms with van der Waals surface area (Å²) in [5, 5.41) is 7.60. The summed E-state index contributed by atoms with van der Waals surface area (Å²) in [7, 11) is -4.00. The van der Waals surface area contributed by atoms with Crippen molar-refractivity contribution in [2.24, 2.45) is 0 Å². The second-order valence-electron chi connectivity index (χ2n) is 2.74. The first-order chi connectivity index (χ1) is 8.29. The molecule has 0 aliphatic carbocycles. The van der Waals surface area contributed by atoms with Crippen LogP contribution in [-0.4, -0.2) is 24.0 Å². The Morgan fingerprint density at radius 3 is 1.72 bits per heavy atom. The van der Waals surface area contributed by atoms with E-state index in [9.17, 15) is 13.2 Å². The number of rotatable bonds is 2. The molecule has 0 heterocycles. The smallest absolute Gasteiger partial charge is 0.327 e. The van der Waals surface area contributed by atoms with E-state index in [1.165, 1.54) is 12.1 Å². The summed E-state index contributed by atoms with van der Waals surface area (Å²) >= 11 is 0. The van der Waals surface area contributed by atoms with Gasteiger partial charge in [-0.1, -0.05) is 30.9 Å². The van der Waals surface area contributed by atoms with Gasteiger partial charge >= 0.3 is 5.97 Å². The van der Waals surface area contributed by atoms with Gasteiger partial charge in [0, 0.05) is 6.08 Å². The zero-order chi connectivity index (χ0) is 14.6. The van der Waals surface area contributed by atoms with Gasteiger partial charge in [-0.2, -0.15) is 8.42 Å². The maximum absolute atomic E-state index is 10.4. The first kappa shape index (κ1) is 18.4. The SMILES string of the molecule is C=CC.C=CC(=O)O.O=S(=O)(O)c1ccccc1. The monoisotopic (exact) mass is 272 g/mol. The van der Waals surface area contributed by atoms with Gasteiger partial charge in [-0.25, -0.2) is 4.79 Å². The van der Waals surface area contributed by atoms with E-state index < -0.39 is 16.1 Å². The predicted octanol–water partition coefficient (Wildman–Crippen LogP) is 2.38. The zero-order valence-electron chi connectivity index (χ0n) is 9.98. The van der Waals surface area contributed by atoms with Crippen molar-refractivity contribution in [1.29, 1.82) is 0 Å².